The van der Waals surface area contributed by atoms with Crippen LogP contribution in [0.3, 0.4) is 0 Å². The van der Waals surface area contributed by atoms with E-state index >= 15 is 0 Å². The number of carbonyl (C=O) groups is 1. The molecule has 208 valence electrons. The van der Waals surface area contributed by atoms with Gasteiger partial charge in [0, 0.05) is 12.1 Å². The molecule has 0 atom stereocenters. The lowest BCUT2D eigenvalue weighted by Crippen LogP contribution is -2.40. The Balaban J connectivity index is 1.49. The van der Waals surface area contributed by atoms with E-state index in [1.807, 2.05) is 55.5 Å². The highest BCUT2D eigenvalue weighted by Gasteiger charge is 2.23. The Morgan fingerprint density at radius 2 is 1.80 bits per heavy atom. The van der Waals surface area contributed by atoms with Crippen LogP contribution in [0.4, 0.5) is 11.5 Å². The standard InChI is InChI=1S/C29H25ClN6O4S/c1-17-7-6-10-20(13-17)36-27(39)21-12-11-19(30)14-22(21)32-29(36)41-16-23(37)34(2)24-25(31)35(28(40)33-26(24)38)15-18-8-4-3-5-9-18/h3-14H,15-16,31H2,1-2H3,(H,33,38,40). The molecule has 0 saturated heterocycles. The van der Waals surface area contributed by atoms with Crippen LogP contribution in [0.15, 0.2) is 92.3 Å². The molecule has 3 aromatic carbocycles. The van der Waals surface area contributed by atoms with Crippen molar-refractivity contribution >= 4 is 51.7 Å². The third-order valence-electron chi connectivity index (χ3n) is 6.49. The number of nitrogen functional groups attached to an aromatic ring is 1. The highest BCUT2D eigenvalue weighted by molar-refractivity contribution is 7.99. The maximum absolute atomic E-state index is 13.6. The SMILES string of the molecule is Cc1cccc(-n2c(SCC(=O)N(C)c3c(N)n(Cc4ccccc4)c(=O)[nH]c3=O)nc3cc(Cl)ccc3c2=O)c1. The number of benzene rings is 3. The van der Waals surface area contributed by atoms with Gasteiger partial charge in [-0.1, -0.05) is 65.8 Å². The van der Waals surface area contributed by atoms with E-state index in [1.165, 1.54) is 16.2 Å². The van der Waals surface area contributed by atoms with Crippen molar-refractivity contribution < 1.29 is 4.79 Å². The number of nitrogens with two attached hydrogens (primary N) is 1. The average molecular weight is 589 g/mol. The summed E-state index contributed by atoms with van der Waals surface area (Å²) in [4.78, 5) is 60.2. The number of hydrogen-bond donors (Lipinski definition) is 2. The Morgan fingerprint density at radius 3 is 2.54 bits per heavy atom. The van der Waals surface area contributed by atoms with Gasteiger partial charge in [-0.3, -0.25) is 28.5 Å². The van der Waals surface area contributed by atoms with E-state index in [9.17, 15) is 19.2 Å². The number of rotatable bonds is 7. The van der Waals surface area contributed by atoms with Gasteiger partial charge < -0.3 is 10.6 Å². The summed E-state index contributed by atoms with van der Waals surface area (Å²) in [7, 11) is 1.41. The van der Waals surface area contributed by atoms with Crippen LogP contribution in [0.25, 0.3) is 16.6 Å². The fraction of sp³-hybridized carbons (Fsp3) is 0.138. The molecule has 41 heavy (non-hydrogen) atoms. The number of H-pyrrole nitrogens is 1. The first kappa shape index (κ1) is 27.9. The number of thioether (sulfide) groups is 1. The van der Waals surface area contributed by atoms with Gasteiger partial charge in [-0.15, -0.1) is 0 Å². The quantitative estimate of drug-likeness (QED) is 0.219. The summed E-state index contributed by atoms with van der Waals surface area (Å²) < 4.78 is 2.65. The highest BCUT2D eigenvalue weighted by atomic mass is 35.5. The predicted octanol–water partition coefficient (Wildman–Crippen LogP) is 3.58. The maximum Gasteiger partial charge on any atom is 0.330 e. The lowest BCUT2D eigenvalue weighted by Gasteiger charge is -2.20. The van der Waals surface area contributed by atoms with E-state index in [0.717, 1.165) is 27.8 Å². The molecular weight excluding hydrogens is 564 g/mol. The molecular formula is C29H25ClN6O4S. The molecule has 0 unspecified atom stereocenters. The number of nitrogens with zero attached hydrogens (tertiary/aromatic N) is 4. The highest BCUT2D eigenvalue weighted by Crippen LogP contribution is 2.25. The van der Waals surface area contributed by atoms with E-state index in [-0.39, 0.29) is 34.5 Å². The van der Waals surface area contributed by atoms with Crippen molar-refractivity contribution in [3.8, 4) is 5.69 Å². The lowest BCUT2D eigenvalue weighted by atomic mass is 10.2. The molecule has 2 heterocycles. The number of aromatic amines is 1. The lowest BCUT2D eigenvalue weighted by molar-refractivity contribution is -0.115. The number of hydrogen-bond acceptors (Lipinski definition) is 7. The molecule has 0 fully saturated rings. The fourth-order valence-corrected chi connectivity index (χ4v) is 5.50. The molecule has 0 radical (unpaired) electrons. The van der Waals surface area contributed by atoms with Crippen LogP contribution in [0.5, 0.6) is 0 Å². The number of halogens is 1. The smallest absolute Gasteiger partial charge is 0.330 e. The Morgan fingerprint density at radius 1 is 1.05 bits per heavy atom. The predicted molar refractivity (Wildman–Crippen MR) is 163 cm³/mol. The van der Waals surface area contributed by atoms with Crippen molar-refractivity contribution in [2.75, 3.05) is 23.4 Å². The van der Waals surface area contributed by atoms with Crippen LogP contribution in [0.1, 0.15) is 11.1 Å². The summed E-state index contributed by atoms with van der Waals surface area (Å²) in [6.45, 7) is 2.02. The van der Waals surface area contributed by atoms with Crippen LogP contribution in [-0.2, 0) is 11.3 Å². The number of nitrogens with one attached hydrogen (secondary N) is 1. The van der Waals surface area contributed by atoms with Gasteiger partial charge in [-0.2, -0.15) is 0 Å². The number of aromatic nitrogens is 4. The molecule has 10 nitrogen and oxygen atoms in total. The molecule has 2 aromatic heterocycles. The van der Waals surface area contributed by atoms with E-state index in [1.54, 1.807) is 24.3 Å². The molecule has 3 N–H and O–H groups in total. The maximum atomic E-state index is 13.6. The van der Waals surface area contributed by atoms with E-state index < -0.39 is 17.2 Å². The molecule has 0 aliphatic heterocycles. The third-order valence-corrected chi connectivity index (χ3v) is 7.65. The number of carbonyl (C=O) groups excluding carboxylic acids is 1. The van der Waals surface area contributed by atoms with Gasteiger partial charge in [0.05, 0.1) is 28.9 Å². The van der Waals surface area contributed by atoms with Gasteiger partial charge in [0.25, 0.3) is 11.1 Å². The summed E-state index contributed by atoms with van der Waals surface area (Å²) in [6, 6.07) is 21.3. The van der Waals surface area contributed by atoms with Crippen LogP contribution in [0.2, 0.25) is 5.02 Å². The molecule has 0 aliphatic carbocycles. The molecule has 0 saturated carbocycles. The van der Waals surface area contributed by atoms with Crippen LogP contribution < -0.4 is 27.4 Å². The molecule has 0 spiro atoms. The van der Waals surface area contributed by atoms with Crippen molar-refractivity contribution in [3.63, 3.8) is 0 Å². The summed E-state index contributed by atoms with van der Waals surface area (Å²) in [5.41, 5.74) is 7.05. The average Bonchev–Trinajstić information content (AvgIpc) is 2.94. The largest absolute Gasteiger partial charge is 0.383 e. The molecule has 5 aromatic rings. The molecule has 1 amide bonds. The summed E-state index contributed by atoms with van der Waals surface area (Å²) in [5.74, 6) is -0.815. The number of aryl methyl sites for hydroxylation is 1. The van der Waals surface area contributed by atoms with Crippen LogP contribution in [0, 0.1) is 6.92 Å². The number of anilines is 2. The third kappa shape index (κ3) is 5.67. The Hall–Kier alpha value is -4.61. The molecule has 0 aliphatic rings. The number of fused-ring (bicyclic) bond motifs is 1. The first-order valence-corrected chi connectivity index (χ1v) is 13.9. The zero-order chi connectivity index (χ0) is 29.3. The Bertz CT molecular complexity index is 1970. The fourth-order valence-electron chi connectivity index (χ4n) is 4.40. The minimum absolute atomic E-state index is 0.110. The van der Waals surface area contributed by atoms with Crippen molar-refractivity contribution in [1.82, 2.24) is 19.1 Å². The van der Waals surface area contributed by atoms with Gasteiger partial charge in [0.2, 0.25) is 5.91 Å². The molecule has 12 heteroatoms. The monoisotopic (exact) mass is 588 g/mol. The number of amides is 1. The zero-order valence-corrected chi connectivity index (χ0v) is 23.7. The van der Waals surface area contributed by atoms with Crippen molar-refractivity contribution in [3.05, 3.63) is 120 Å². The zero-order valence-electron chi connectivity index (χ0n) is 22.1. The Kier molecular flexibility index (Phi) is 7.82. The second kappa shape index (κ2) is 11.5. The van der Waals surface area contributed by atoms with Crippen molar-refractivity contribution in [2.45, 2.75) is 18.6 Å². The van der Waals surface area contributed by atoms with Gasteiger partial charge in [0.15, 0.2) is 10.8 Å². The van der Waals surface area contributed by atoms with Crippen molar-refractivity contribution in [2.24, 2.45) is 0 Å². The van der Waals surface area contributed by atoms with Gasteiger partial charge in [-0.05, 0) is 48.4 Å². The first-order valence-electron chi connectivity index (χ1n) is 12.5. The van der Waals surface area contributed by atoms with E-state index in [0.29, 0.717) is 21.6 Å². The van der Waals surface area contributed by atoms with E-state index in [4.69, 9.17) is 17.3 Å². The van der Waals surface area contributed by atoms with Crippen LogP contribution in [-0.4, -0.2) is 37.8 Å². The first-order chi connectivity index (χ1) is 19.6. The second-order valence-corrected chi connectivity index (χ2v) is 10.7. The van der Waals surface area contributed by atoms with Crippen molar-refractivity contribution in [1.29, 1.82) is 0 Å². The summed E-state index contributed by atoms with van der Waals surface area (Å²) >= 11 is 7.19. The summed E-state index contributed by atoms with van der Waals surface area (Å²) in [5, 5.41) is 1.07. The Labute approximate surface area is 243 Å². The molecule has 5 rings (SSSR count). The topological polar surface area (TPSA) is 136 Å². The second-order valence-electron chi connectivity index (χ2n) is 9.34. The van der Waals surface area contributed by atoms with Gasteiger partial charge in [-0.25, -0.2) is 9.78 Å². The van der Waals surface area contributed by atoms with E-state index in [2.05, 4.69) is 9.97 Å². The van der Waals surface area contributed by atoms with Crippen LogP contribution >= 0.6 is 23.4 Å². The minimum atomic E-state index is -0.784. The van der Waals surface area contributed by atoms with Gasteiger partial charge in [0.1, 0.15) is 5.82 Å². The normalized spacial score (nSPS) is 11.1. The van der Waals surface area contributed by atoms with Gasteiger partial charge >= 0.3 is 5.69 Å². The summed E-state index contributed by atoms with van der Waals surface area (Å²) in [6.07, 6.45) is 0. The molecule has 0 bridgehead atoms. The minimum Gasteiger partial charge on any atom is -0.383 e.